The first-order valence-electron chi connectivity index (χ1n) is 5.78. The molecule has 2 atom stereocenters. The molecule has 0 saturated carbocycles. The van der Waals surface area contributed by atoms with E-state index < -0.39 is 0 Å². The zero-order valence-corrected chi connectivity index (χ0v) is 11.2. The van der Waals surface area contributed by atoms with Gasteiger partial charge in [0.15, 0.2) is 0 Å². The van der Waals surface area contributed by atoms with Gasteiger partial charge in [-0.25, -0.2) is 0 Å². The van der Waals surface area contributed by atoms with Crippen molar-refractivity contribution in [2.45, 2.75) is 32.1 Å². The Morgan fingerprint density at radius 2 is 1.73 bits per heavy atom. The topological polar surface area (TPSA) is 30.5 Å². The van der Waals surface area contributed by atoms with Crippen molar-refractivity contribution in [3.63, 3.8) is 0 Å². The normalized spacial score (nSPS) is 16.0. The molecule has 0 aliphatic rings. The monoisotopic (exact) mass is 216 g/mol. The van der Waals surface area contributed by atoms with Gasteiger partial charge in [0.1, 0.15) is 0 Å². The Morgan fingerprint density at radius 3 is 2.07 bits per heavy atom. The number of nitrogens with zero attached hydrogens (tertiary/aromatic N) is 2. The van der Waals surface area contributed by atoms with Crippen molar-refractivity contribution in [3.8, 4) is 0 Å². The first-order chi connectivity index (χ1) is 7.08. The molecule has 0 spiro atoms. The summed E-state index contributed by atoms with van der Waals surface area (Å²) in [5.74, 6) is 0. The lowest BCUT2D eigenvalue weighted by atomic mass is 10.2. The summed E-state index contributed by atoms with van der Waals surface area (Å²) in [7, 11) is 10.5. The quantitative estimate of drug-likeness (QED) is 0.574. The van der Waals surface area contributed by atoms with Crippen molar-refractivity contribution < 1.29 is 0 Å². The molecule has 92 valence electrons. The van der Waals surface area contributed by atoms with E-state index in [2.05, 4.69) is 48.5 Å². The van der Waals surface area contributed by atoms with Crippen molar-refractivity contribution in [1.29, 1.82) is 0 Å². The molecule has 0 bridgehead atoms. The van der Waals surface area contributed by atoms with Crippen LogP contribution in [0.5, 0.6) is 0 Å². The molecule has 0 radical (unpaired) electrons. The van der Waals surface area contributed by atoms with E-state index in [-0.39, 0.29) is 0 Å². The second-order valence-corrected chi connectivity index (χ2v) is 4.21. The molecule has 0 aliphatic carbocycles. The van der Waals surface area contributed by atoms with Crippen LogP contribution in [0.25, 0.3) is 0 Å². The van der Waals surface area contributed by atoms with E-state index in [0.29, 0.717) is 12.3 Å². The third-order valence-electron chi connectivity index (χ3n) is 2.92. The number of hydrogen-bond acceptors (Lipinski definition) is 4. The highest BCUT2D eigenvalue weighted by Crippen LogP contribution is 2.09. The molecule has 0 aromatic rings. The van der Waals surface area contributed by atoms with Gasteiger partial charge in [0, 0.05) is 0 Å². The predicted octanol–water partition coefficient (Wildman–Crippen LogP) is 0.371. The lowest BCUT2D eigenvalue weighted by molar-refractivity contribution is 0.0481. The van der Waals surface area contributed by atoms with E-state index >= 15 is 0 Å². The van der Waals surface area contributed by atoms with Gasteiger partial charge in [0.05, 0.1) is 12.3 Å². The van der Waals surface area contributed by atoms with Crippen molar-refractivity contribution >= 4 is 0 Å². The van der Waals surface area contributed by atoms with E-state index in [1.807, 2.05) is 14.1 Å². The average Bonchev–Trinajstić information content (AvgIpc) is 2.19. The fraction of sp³-hybridized carbons (Fsp3) is 1.00. The summed E-state index contributed by atoms with van der Waals surface area (Å²) >= 11 is 0. The Bertz CT molecular complexity index is 150. The van der Waals surface area contributed by atoms with E-state index in [4.69, 9.17) is 0 Å². The fourth-order valence-corrected chi connectivity index (χ4v) is 2.06. The Hall–Kier alpha value is -0.160. The van der Waals surface area contributed by atoms with Crippen molar-refractivity contribution in [2.75, 3.05) is 41.8 Å². The maximum atomic E-state index is 3.37. The minimum absolute atomic E-state index is 0.435. The summed E-state index contributed by atoms with van der Waals surface area (Å²) < 4.78 is 0. The van der Waals surface area contributed by atoms with Gasteiger partial charge in [-0.2, -0.15) is 0 Å². The van der Waals surface area contributed by atoms with Crippen LogP contribution in [0.3, 0.4) is 0 Å². The molecule has 0 fully saturated rings. The highest BCUT2D eigenvalue weighted by Gasteiger charge is 2.21. The van der Waals surface area contributed by atoms with Gasteiger partial charge < -0.3 is 10.6 Å². The van der Waals surface area contributed by atoms with E-state index in [0.717, 1.165) is 19.4 Å². The minimum atomic E-state index is 0.435. The third kappa shape index (κ3) is 4.93. The van der Waals surface area contributed by atoms with Crippen LogP contribution in [-0.4, -0.2) is 63.9 Å². The van der Waals surface area contributed by atoms with Gasteiger partial charge in [-0.15, -0.1) is 0 Å². The molecule has 4 nitrogen and oxygen atoms in total. The van der Waals surface area contributed by atoms with Gasteiger partial charge in [-0.1, -0.05) is 6.92 Å². The molecule has 0 saturated heterocycles. The highest BCUT2D eigenvalue weighted by atomic mass is 15.4. The highest BCUT2D eigenvalue weighted by molar-refractivity contribution is 4.72. The number of rotatable bonds is 8. The van der Waals surface area contributed by atoms with Crippen molar-refractivity contribution in [2.24, 2.45) is 0 Å². The summed E-state index contributed by atoms with van der Waals surface area (Å²) in [5, 5.41) is 6.56. The second-order valence-electron chi connectivity index (χ2n) is 4.21. The fourth-order valence-electron chi connectivity index (χ4n) is 2.06. The largest absolute Gasteiger partial charge is 0.320 e. The average molecular weight is 216 g/mol. The maximum absolute atomic E-state index is 3.37. The predicted molar refractivity (Wildman–Crippen MR) is 66.9 cm³/mol. The molecule has 0 rings (SSSR count). The van der Waals surface area contributed by atoms with Gasteiger partial charge in [0.2, 0.25) is 0 Å². The Morgan fingerprint density at radius 1 is 1.13 bits per heavy atom. The minimum Gasteiger partial charge on any atom is -0.320 e. The third-order valence-corrected chi connectivity index (χ3v) is 2.92. The van der Waals surface area contributed by atoms with Crippen LogP contribution < -0.4 is 10.6 Å². The molecule has 4 heteroatoms. The molecular formula is C11H28N4. The Kier molecular flexibility index (Phi) is 7.96. The maximum Gasteiger partial charge on any atom is 0.0625 e. The molecule has 0 aliphatic heterocycles. The molecule has 2 N–H and O–H groups in total. The summed E-state index contributed by atoms with van der Waals surface area (Å²) in [5.41, 5.74) is 0. The Balaban J connectivity index is 4.26. The van der Waals surface area contributed by atoms with E-state index in [9.17, 15) is 0 Å². The molecule has 0 heterocycles. The summed E-state index contributed by atoms with van der Waals surface area (Å²) in [6.45, 7) is 3.27. The first kappa shape index (κ1) is 14.8. The summed E-state index contributed by atoms with van der Waals surface area (Å²) in [6.07, 6.45) is 3.19. The van der Waals surface area contributed by atoms with Gasteiger partial charge in [-0.05, 0) is 54.6 Å². The Labute approximate surface area is 95.0 Å². The zero-order chi connectivity index (χ0) is 11.8. The van der Waals surface area contributed by atoms with E-state index in [1.54, 1.807) is 0 Å². The SMILES string of the molecule is CCC(N(C)C)N(C)C(CCNC)NC. The summed E-state index contributed by atoms with van der Waals surface area (Å²) in [6, 6.07) is 0. The second kappa shape index (κ2) is 8.05. The molecular weight excluding hydrogens is 188 g/mol. The smallest absolute Gasteiger partial charge is 0.0625 e. The standard InChI is InChI=1S/C11H28N4/c1-7-11(14(4)5)15(6)10(13-3)8-9-12-2/h10-13H,7-9H2,1-6H3. The number of nitrogens with one attached hydrogen (secondary N) is 2. The first-order valence-corrected chi connectivity index (χ1v) is 5.78. The number of hydrogen-bond donors (Lipinski definition) is 2. The van der Waals surface area contributed by atoms with Gasteiger partial charge >= 0.3 is 0 Å². The van der Waals surface area contributed by atoms with E-state index in [1.165, 1.54) is 0 Å². The van der Waals surface area contributed by atoms with Gasteiger partial charge in [-0.3, -0.25) is 9.80 Å². The molecule has 15 heavy (non-hydrogen) atoms. The summed E-state index contributed by atoms with van der Waals surface area (Å²) in [4.78, 5) is 4.67. The van der Waals surface area contributed by atoms with Crippen LogP contribution in [0.2, 0.25) is 0 Å². The zero-order valence-electron chi connectivity index (χ0n) is 11.2. The van der Waals surface area contributed by atoms with Crippen molar-refractivity contribution in [1.82, 2.24) is 20.4 Å². The van der Waals surface area contributed by atoms with Crippen molar-refractivity contribution in [3.05, 3.63) is 0 Å². The van der Waals surface area contributed by atoms with Crippen LogP contribution in [0, 0.1) is 0 Å². The molecule has 2 unspecified atom stereocenters. The lowest BCUT2D eigenvalue weighted by Gasteiger charge is -2.38. The molecule has 0 aromatic carbocycles. The molecule has 0 amide bonds. The van der Waals surface area contributed by atoms with Gasteiger partial charge in [0.25, 0.3) is 0 Å². The molecule has 0 aromatic heterocycles. The van der Waals surface area contributed by atoms with Crippen LogP contribution in [0.15, 0.2) is 0 Å². The van der Waals surface area contributed by atoms with Crippen LogP contribution in [-0.2, 0) is 0 Å². The lowest BCUT2D eigenvalue weighted by Crippen LogP contribution is -2.52. The van der Waals surface area contributed by atoms with Crippen LogP contribution in [0.4, 0.5) is 0 Å². The van der Waals surface area contributed by atoms with Crippen LogP contribution in [0.1, 0.15) is 19.8 Å². The van der Waals surface area contributed by atoms with Crippen LogP contribution >= 0.6 is 0 Å².